The van der Waals surface area contributed by atoms with E-state index < -0.39 is 6.09 Å². The number of aromatic nitrogens is 3. The van der Waals surface area contributed by atoms with Crippen LogP contribution in [-0.4, -0.2) is 28.2 Å². The van der Waals surface area contributed by atoms with E-state index in [9.17, 15) is 4.79 Å². The molecule has 7 heteroatoms. The number of carbonyl (C=O) groups excluding carboxylic acids is 1. The zero-order valence-electron chi connectivity index (χ0n) is 11.2. The molecule has 0 spiro atoms. The second-order valence-corrected chi connectivity index (χ2v) is 4.27. The molecule has 1 heterocycles. The molecule has 0 fully saturated rings. The van der Waals surface area contributed by atoms with Crippen molar-refractivity contribution >= 4 is 17.1 Å². The SMILES string of the molecule is COc1ccc2c(c1)nnn2-c1cccc(OC(N)=O)c1. The van der Waals surface area contributed by atoms with Gasteiger partial charge in [0.05, 0.1) is 18.3 Å². The third kappa shape index (κ3) is 2.48. The lowest BCUT2D eigenvalue weighted by atomic mass is 10.2. The number of carbonyl (C=O) groups is 1. The zero-order chi connectivity index (χ0) is 14.8. The van der Waals surface area contributed by atoms with Crippen molar-refractivity contribution in [2.45, 2.75) is 0 Å². The highest BCUT2D eigenvalue weighted by atomic mass is 16.5. The van der Waals surface area contributed by atoms with E-state index in [0.717, 1.165) is 5.52 Å². The summed E-state index contributed by atoms with van der Waals surface area (Å²) < 4.78 is 11.7. The van der Waals surface area contributed by atoms with Gasteiger partial charge in [-0.1, -0.05) is 11.3 Å². The smallest absolute Gasteiger partial charge is 0.409 e. The third-order valence-electron chi connectivity index (χ3n) is 2.93. The maximum atomic E-state index is 10.8. The zero-order valence-corrected chi connectivity index (χ0v) is 11.2. The van der Waals surface area contributed by atoms with Gasteiger partial charge in [-0.05, 0) is 24.3 Å². The Balaban J connectivity index is 2.06. The van der Waals surface area contributed by atoms with Gasteiger partial charge in [-0.15, -0.1) is 5.10 Å². The number of hydrogen-bond donors (Lipinski definition) is 1. The van der Waals surface area contributed by atoms with Crippen LogP contribution < -0.4 is 15.2 Å². The second kappa shape index (κ2) is 5.12. The molecule has 0 saturated carbocycles. The van der Waals surface area contributed by atoms with Crippen molar-refractivity contribution in [1.82, 2.24) is 15.0 Å². The van der Waals surface area contributed by atoms with E-state index in [2.05, 4.69) is 10.3 Å². The summed E-state index contributed by atoms with van der Waals surface area (Å²) in [5.41, 5.74) is 7.23. The van der Waals surface area contributed by atoms with Gasteiger partial charge in [0.25, 0.3) is 0 Å². The summed E-state index contributed by atoms with van der Waals surface area (Å²) in [5.74, 6) is 1.05. The molecule has 0 unspecified atom stereocenters. The Morgan fingerprint density at radius 3 is 2.81 bits per heavy atom. The Bertz CT molecular complexity index is 813. The Labute approximate surface area is 119 Å². The quantitative estimate of drug-likeness (QED) is 0.792. The number of rotatable bonds is 3. The number of fused-ring (bicyclic) bond motifs is 1. The first-order chi connectivity index (χ1) is 10.2. The van der Waals surface area contributed by atoms with Crippen molar-refractivity contribution in [3.8, 4) is 17.2 Å². The van der Waals surface area contributed by atoms with Crippen LogP contribution in [0.2, 0.25) is 0 Å². The molecular formula is C14H12N4O3. The summed E-state index contributed by atoms with van der Waals surface area (Å²) in [6.07, 6.45) is -0.861. The van der Waals surface area contributed by atoms with Crippen LogP contribution in [0.3, 0.4) is 0 Å². The Kier molecular flexibility index (Phi) is 3.15. The number of benzene rings is 2. The molecule has 7 nitrogen and oxygen atoms in total. The molecule has 0 bridgehead atoms. The maximum absolute atomic E-state index is 10.8. The van der Waals surface area contributed by atoms with Crippen molar-refractivity contribution in [2.75, 3.05) is 7.11 Å². The number of methoxy groups -OCH3 is 1. The maximum Gasteiger partial charge on any atom is 0.409 e. The molecule has 21 heavy (non-hydrogen) atoms. The van der Waals surface area contributed by atoms with Gasteiger partial charge in [-0.25, -0.2) is 9.48 Å². The first kappa shape index (κ1) is 12.9. The number of amides is 1. The van der Waals surface area contributed by atoms with Crippen molar-refractivity contribution in [1.29, 1.82) is 0 Å². The van der Waals surface area contributed by atoms with Crippen molar-refractivity contribution in [3.05, 3.63) is 42.5 Å². The summed E-state index contributed by atoms with van der Waals surface area (Å²) in [6, 6.07) is 12.3. The van der Waals surface area contributed by atoms with Gasteiger partial charge in [0.1, 0.15) is 17.0 Å². The average molecular weight is 284 g/mol. The van der Waals surface area contributed by atoms with Gasteiger partial charge < -0.3 is 15.2 Å². The monoisotopic (exact) mass is 284 g/mol. The first-order valence-corrected chi connectivity index (χ1v) is 6.14. The topological polar surface area (TPSA) is 92.3 Å². The average Bonchev–Trinajstić information content (AvgIpc) is 2.89. The Morgan fingerprint density at radius 2 is 2.05 bits per heavy atom. The molecule has 0 radical (unpaired) electrons. The van der Waals surface area contributed by atoms with Crippen LogP contribution in [0.1, 0.15) is 0 Å². The number of primary amides is 1. The van der Waals surface area contributed by atoms with E-state index in [1.54, 1.807) is 36.1 Å². The van der Waals surface area contributed by atoms with Gasteiger partial charge >= 0.3 is 6.09 Å². The highest BCUT2D eigenvalue weighted by Gasteiger charge is 2.09. The van der Waals surface area contributed by atoms with Crippen LogP contribution in [0.5, 0.6) is 11.5 Å². The van der Waals surface area contributed by atoms with Crippen molar-refractivity contribution in [3.63, 3.8) is 0 Å². The molecule has 3 rings (SSSR count). The molecule has 1 amide bonds. The predicted molar refractivity (Wildman–Crippen MR) is 75.6 cm³/mol. The van der Waals surface area contributed by atoms with Gasteiger partial charge in [-0.3, -0.25) is 0 Å². The van der Waals surface area contributed by atoms with E-state index in [-0.39, 0.29) is 0 Å². The van der Waals surface area contributed by atoms with Crippen LogP contribution in [0.25, 0.3) is 16.7 Å². The molecule has 2 aromatic carbocycles. The number of nitrogens with zero attached hydrogens (tertiary/aromatic N) is 3. The normalized spacial score (nSPS) is 10.5. The van der Waals surface area contributed by atoms with Crippen LogP contribution in [0.15, 0.2) is 42.5 Å². The molecule has 1 aromatic heterocycles. The van der Waals surface area contributed by atoms with E-state index in [1.807, 2.05) is 18.2 Å². The van der Waals surface area contributed by atoms with Crippen LogP contribution in [0.4, 0.5) is 4.79 Å². The summed E-state index contributed by atoms with van der Waals surface area (Å²) in [4.78, 5) is 10.8. The number of nitrogens with two attached hydrogens (primary N) is 1. The fourth-order valence-corrected chi connectivity index (χ4v) is 2.02. The molecule has 0 aliphatic rings. The van der Waals surface area contributed by atoms with E-state index in [1.165, 1.54) is 0 Å². The minimum absolute atomic E-state index is 0.345. The largest absolute Gasteiger partial charge is 0.497 e. The van der Waals surface area contributed by atoms with Gasteiger partial charge in [-0.2, -0.15) is 0 Å². The van der Waals surface area contributed by atoms with Crippen LogP contribution in [0, 0.1) is 0 Å². The molecule has 0 saturated heterocycles. The van der Waals surface area contributed by atoms with Crippen LogP contribution >= 0.6 is 0 Å². The van der Waals surface area contributed by atoms with Gasteiger partial charge in [0, 0.05) is 12.1 Å². The van der Waals surface area contributed by atoms with E-state index in [0.29, 0.717) is 22.7 Å². The van der Waals surface area contributed by atoms with Gasteiger partial charge in [0.15, 0.2) is 0 Å². The standard InChI is InChI=1S/C14H12N4O3/c1-20-10-5-6-13-12(8-10)16-17-18(13)9-3-2-4-11(7-9)21-14(15)19/h2-8H,1H3,(H2,15,19). The molecule has 2 N–H and O–H groups in total. The Morgan fingerprint density at radius 1 is 1.19 bits per heavy atom. The molecule has 0 aliphatic heterocycles. The summed E-state index contributed by atoms with van der Waals surface area (Å²) in [6.45, 7) is 0. The van der Waals surface area contributed by atoms with Gasteiger partial charge in [0.2, 0.25) is 0 Å². The number of hydrogen-bond acceptors (Lipinski definition) is 5. The molecular weight excluding hydrogens is 272 g/mol. The third-order valence-corrected chi connectivity index (χ3v) is 2.93. The highest BCUT2D eigenvalue weighted by Crippen LogP contribution is 2.23. The molecule has 106 valence electrons. The first-order valence-electron chi connectivity index (χ1n) is 6.14. The minimum Gasteiger partial charge on any atom is -0.497 e. The minimum atomic E-state index is -0.861. The Hall–Kier alpha value is -3.09. The van der Waals surface area contributed by atoms with Crippen molar-refractivity contribution in [2.24, 2.45) is 5.73 Å². The fourth-order valence-electron chi connectivity index (χ4n) is 2.02. The van der Waals surface area contributed by atoms with Crippen LogP contribution in [-0.2, 0) is 0 Å². The lowest BCUT2D eigenvalue weighted by molar-refractivity contribution is 0.211. The lowest BCUT2D eigenvalue weighted by Crippen LogP contribution is -2.16. The summed E-state index contributed by atoms with van der Waals surface area (Å²) in [7, 11) is 1.59. The fraction of sp³-hybridized carbons (Fsp3) is 0.0714. The van der Waals surface area contributed by atoms with E-state index in [4.69, 9.17) is 15.2 Å². The number of ether oxygens (including phenoxy) is 2. The van der Waals surface area contributed by atoms with E-state index >= 15 is 0 Å². The van der Waals surface area contributed by atoms with Crippen molar-refractivity contribution < 1.29 is 14.3 Å². The lowest BCUT2D eigenvalue weighted by Gasteiger charge is -2.05. The second-order valence-electron chi connectivity index (χ2n) is 4.27. The summed E-state index contributed by atoms with van der Waals surface area (Å²) >= 11 is 0. The predicted octanol–water partition coefficient (Wildman–Crippen LogP) is 1.89. The molecule has 0 aliphatic carbocycles. The molecule has 0 atom stereocenters. The molecule has 3 aromatic rings. The highest BCUT2D eigenvalue weighted by molar-refractivity contribution is 5.78. The summed E-state index contributed by atoms with van der Waals surface area (Å²) in [5, 5.41) is 8.20.